The number of hydrogen-bond acceptors (Lipinski definition) is 5. The van der Waals surface area contributed by atoms with Crippen LogP contribution in [0.4, 0.5) is 0 Å². The van der Waals surface area contributed by atoms with E-state index in [-0.39, 0.29) is 12.0 Å². The third-order valence-electron chi connectivity index (χ3n) is 5.98. The third kappa shape index (κ3) is 4.41. The standard InChI is InChI=1S/C22H29N5O2/c1-16-23-22(24-25(16)2)19-6-4-17(5-7-19)18-8-12-27(13-9-18)21(28)15-26-11-10-20(14-26)29-3/h4-8,20H,9-15H2,1-3H3/t20-/m0/s1. The highest BCUT2D eigenvalue weighted by molar-refractivity contribution is 5.80. The van der Waals surface area contributed by atoms with Gasteiger partial charge in [0.1, 0.15) is 5.82 Å². The molecule has 0 unspecified atom stereocenters. The fourth-order valence-corrected chi connectivity index (χ4v) is 4.00. The maximum atomic E-state index is 12.6. The van der Waals surface area contributed by atoms with Gasteiger partial charge in [-0.15, -0.1) is 0 Å². The molecule has 7 nitrogen and oxygen atoms in total. The SMILES string of the molecule is CO[C@H]1CCN(CC(=O)N2CC=C(c3ccc(-c4nc(C)n(C)n4)cc3)CC2)C1. The first-order chi connectivity index (χ1) is 14.0. The number of ether oxygens (including phenoxy) is 1. The highest BCUT2D eigenvalue weighted by Crippen LogP contribution is 2.25. The van der Waals surface area contributed by atoms with E-state index in [0.29, 0.717) is 13.1 Å². The molecule has 1 aromatic carbocycles. The first-order valence-corrected chi connectivity index (χ1v) is 10.2. The van der Waals surface area contributed by atoms with E-state index in [2.05, 4.69) is 45.3 Å². The maximum absolute atomic E-state index is 12.6. The Morgan fingerprint density at radius 3 is 2.55 bits per heavy atom. The van der Waals surface area contributed by atoms with E-state index in [9.17, 15) is 4.79 Å². The highest BCUT2D eigenvalue weighted by Gasteiger charge is 2.26. The lowest BCUT2D eigenvalue weighted by Gasteiger charge is -2.28. The predicted molar refractivity (Wildman–Crippen MR) is 112 cm³/mol. The van der Waals surface area contributed by atoms with Crippen molar-refractivity contribution < 1.29 is 9.53 Å². The molecule has 0 aliphatic carbocycles. The molecule has 4 rings (SSSR count). The van der Waals surface area contributed by atoms with Gasteiger partial charge in [0, 0.05) is 45.9 Å². The molecular formula is C22H29N5O2. The van der Waals surface area contributed by atoms with Crippen LogP contribution in [0.2, 0.25) is 0 Å². The van der Waals surface area contributed by atoms with E-state index in [4.69, 9.17) is 4.74 Å². The van der Waals surface area contributed by atoms with E-state index < -0.39 is 0 Å². The number of carbonyl (C=O) groups excluding carboxylic acids is 1. The molecule has 2 aromatic rings. The summed E-state index contributed by atoms with van der Waals surface area (Å²) in [5.41, 5.74) is 3.52. The Labute approximate surface area is 172 Å². The molecule has 7 heteroatoms. The number of aromatic nitrogens is 3. The van der Waals surface area contributed by atoms with Crippen molar-refractivity contribution in [1.29, 1.82) is 0 Å². The average Bonchev–Trinajstić information content (AvgIpc) is 3.34. The largest absolute Gasteiger partial charge is 0.380 e. The zero-order chi connectivity index (χ0) is 20.4. The second-order valence-electron chi connectivity index (χ2n) is 7.88. The molecule has 3 heterocycles. The number of likely N-dealkylation sites (tertiary alicyclic amines) is 1. The molecule has 0 spiro atoms. The van der Waals surface area contributed by atoms with Crippen molar-refractivity contribution in [2.45, 2.75) is 25.9 Å². The molecule has 1 aromatic heterocycles. The minimum absolute atomic E-state index is 0.212. The summed E-state index contributed by atoms with van der Waals surface area (Å²) < 4.78 is 7.18. The zero-order valence-electron chi connectivity index (χ0n) is 17.5. The lowest BCUT2D eigenvalue weighted by atomic mass is 9.98. The Hall–Kier alpha value is -2.51. The first-order valence-electron chi connectivity index (χ1n) is 10.2. The normalized spacial score (nSPS) is 20.2. The molecule has 1 saturated heterocycles. The number of aryl methyl sites for hydroxylation is 2. The van der Waals surface area contributed by atoms with Crippen LogP contribution in [-0.2, 0) is 16.6 Å². The minimum atomic E-state index is 0.212. The Bertz CT molecular complexity index is 883. The van der Waals surface area contributed by atoms with Gasteiger partial charge in [0.05, 0.1) is 12.6 Å². The predicted octanol–water partition coefficient (Wildman–Crippen LogP) is 2.13. The van der Waals surface area contributed by atoms with Crippen molar-refractivity contribution in [2.24, 2.45) is 7.05 Å². The number of carbonyl (C=O) groups is 1. The van der Waals surface area contributed by atoms with Crippen molar-refractivity contribution in [3.8, 4) is 11.4 Å². The van der Waals surface area contributed by atoms with Crippen molar-refractivity contribution in [2.75, 3.05) is 39.8 Å². The zero-order valence-corrected chi connectivity index (χ0v) is 17.5. The molecular weight excluding hydrogens is 366 g/mol. The molecule has 2 aliphatic rings. The van der Waals surface area contributed by atoms with Crippen LogP contribution < -0.4 is 0 Å². The van der Waals surface area contributed by atoms with Gasteiger partial charge in [-0.1, -0.05) is 30.3 Å². The average molecular weight is 396 g/mol. The number of nitrogens with zero attached hydrogens (tertiary/aromatic N) is 5. The van der Waals surface area contributed by atoms with Gasteiger partial charge >= 0.3 is 0 Å². The second kappa shape index (κ2) is 8.47. The molecule has 0 bridgehead atoms. The Balaban J connectivity index is 1.35. The van der Waals surface area contributed by atoms with Crippen LogP contribution in [0.3, 0.4) is 0 Å². The Morgan fingerprint density at radius 1 is 1.21 bits per heavy atom. The summed E-state index contributed by atoms with van der Waals surface area (Å²) in [7, 11) is 3.65. The maximum Gasteiger partial charge on any atom is 0.237 e. The van der Waals surface area contributed by atoms with E-state index in [1.54, 1.807) is 11.8 Å². The quantitative estimate of drug-likeness (QED) is 0.776. The van der Waals surface area contributed by atoms with E-state index >= 15 is 0 Å². The summed E-state index contributed by atoms with van der Waals surface area (Å²) in [5, 5.41) is 4.44. The number of methoxy groups -OCH3 is 1. The highest BCUT2D eigenvalue weighted by atomic mass is 16.5. The van der Waals surface area contributed by atoms with Crippen LogP contribution in [0.5, 0.6) is 0 Å². The smallest absolute Gasteiger partial charge is 0.237 e. The molecule has 0 saturated carbocycles. The van der Waals surface area contributed by atoms with Gasteiger partial charge in [-0.3, -0.25) is 14.4 Å². The number of benzene rings is 1. The van der Waals surface area contributed by atoms with Crippen molar-refractivity contribution >= 4 is 11.5 Å². The van der Waals surface area contributed by atoms with Crippen LogP contribution in [0.25, 0.3) is 17.0 Å². The Morgan fingerprint density at radius 2 is 1.97 bits per heavy atom. The van der Waals surface area contributed by atoms with E-state index in [0.717, 1.165) is 49.7 Å². The second-order valence-corrected chi connectivity index (χ2v) is 7.88. The summed E-state index contributed by atoms with van der Waals surface area (Å²) in [5.74, 6) is 1.86. The summed E-state index contributed by atoms with van der Waals surface area (Å²) in [6, 6.07) is 8.39. The number of hydrogen-bond donors (Lipinski definition) is 0. The van der Waals surface area contributed by atoms with Gasteiger partial charge < -0.3 is 9.64 Å². The van der Waals surface area contributed by atoms with Crippen LogP contribution in [-0.4, -0.2) is 76.4 Å². The number of amides is 1. The number of rotatable bonds is 5. The molecule has 1 amide bonds. The fourth-order valence-electron chi connectivity index (χ4n) is 4.00. The molecule has 29 heavy (non-hydrogen) atoms. The van der Waals surface area contributed by atoms with Gasteiger partial charge in [0.2, 0.25) is 5.91 Å². The lowest BCUT2D eigenvalue weighted by molar-refractivity contribution is -0.131. The van der Waals surface area contributed by atoms with Crippen molar-refractivity contribution in [3.05, 3.63) is 41.7 Å². The Kier molecular flexibility index (Phi) is 5.78. The topological polar surface area (TPSA) is 63.5 Å². The minimum Gasteiger partial charge on any atom is -0.380 e. The van der Waals surface area contributed by atoms with Crippen molar-refractivity contribution in [1.82, 2.24) is 24.6 Å². The molecule has 1 atom stereocenters. The van der Waals surface area contributed by atoms with Gasteiger partial charge in [-0.25, -0.2) is 4.98 Å². The summed E-state index contributed by atoms with van der Waals surface area (Å²) >= 11 is 0. The first kappa shape index (κ1) is 19.8. The van der Waals surface area contributed by atoms with Gasteiger partial charge in [0.15, 0.2) is 5.82 Å². The summed E-state index contributed by atoms with van der Waals surface area (Å²) in [4.78, 5) is 21.3. The molecule has 0 N–H and O–H groups in total. The molecule has 0 radical (unpaired) electrons. The van der Waals surface area contributed by atoms with Crippen LogP contribution in [0.1, 0.15) is 24.2 Å². The molecule has 1 fully saturated rings. The van der Waals surface area contributed by atoms with Crippen molar-refractivity contribution in [3.63, 3.8) is 0 Å². The third-order valence-corrected chi connectivity index (χ3v) is 5.98. The van der Waals surface area contributed by atoms with E-state index in [1.807, 2.05) is 18.9 Å². The monoisotopic (exact) mass is 395 g/mol. The van der Waals surface area contributed by atoms with Gasteiger partial charge in [0.25, 0.3) is 0 Å². The summed E-state index contributed by atoms with van der Waals surface area (Å²) in [6.45, 7) is 5.69. The van der Waals surface area contributed by atoms with Crippen LogP contribution >= 0.6 is 0 Å². The van der Waals surface area contributed by atoms with E-state index in [1.165, 1.54) is 11.1 Å². The summed E-state index contributed by atoms with van der Waals surface area (Å²) in [6.07, 6.45) is 4.34. The van der Waals surface area contributed by atoms with Crippen LogP contribution in [0.15, 0.2) is 30.3 Å². The van der Waals surface area contributed by atoms with Gasteiger partial charge in [-0.2, -0.15) is 5.10 Å². The molecule has 154 valence electrons. The lowest BCUT2D eigenvalue weighted by Crippen LogP contribution is -2.41. The molecule has 2 aliphatic heterocycles. The fraction of sp³-hybridized carbons (Fsp3) is 0.500. The van der Waals surface area contributed by atoms with Gasteiger partial charge in [-0.05, 0) is 30.9 Å². The van der Waals surface area contributed by atoms with Crippen LogP contribution in [0, 0.1) is 6.92 Å².